The molecule has 0 radical (unpaired) electrons. The molecule has 2 aromatic heterocycles. The lowest BCUT2D eigenvalue weighted by Gasteiger charge is -2.32. The molecular formula is C36H46F9N7O8. The SMILES string of the molecule is CCCCNc1ncc2c3ccc(CN4CCN(C)CC4)cc3c(=O)n(C3CCC(C(=O)N(C)C)CC3)c2n1.O=C(O)C(F)(F)F.O=C(O)C(F)(F)F.O=C(O)C(F)(F)F. The van der Waals surface area contributed by atoms with Crippen LogP contribution in [0.5, 0.6) is 0 Å². The number of carboxylic acid groups (broad SMARTS) is 3. The van der Waals surface area contributed by atoms with Crippen LogP contribution in [-0.4, -0.2) is 141 Å². The number of fused-ring (bicyclic) bond motifs is 3. The quantitative estimate of drug-likeness (QED) is 0.124. The molecule has 336 valence electrons. The summed E-state index contributed by atoms with van der Waals surface area (Å²) >= 11 is 0. The number of rotatable bonds is 8. The fraction of sp³-hybridized carbons (Fsp3) is 0.583. The van der Waals surface area contributed by atoms with Gasteiger partial charge in [0.25, 0.3) is 5.56 Å². The number of likely N-dealkylation sites (N-methyl/N-ethyl adjacent to an activating group) is 1. The number of piperazine rings is 1. The molecule has 60 heavy (non-hydrogen) atoms. The molecule has 1 aliphatic carbocycles. The lowest BCUT2D eigenvalue weighted by molar-refractivity contribution is -0.193. The van der Waals surface area contributed by atoms with Gasteiger partial charge < -0.3 is 30.4 Å². The van der Waals surface area contributed by atoms with E-state index in [-0.39, 0.29) is 23.4 Å². The summed E-state index contributed by atoms with van der Waals surface area (Å²) in [5.74, 6) is -7.50. The van der Waals surface area contributed by atoms with Crippen LogP contribution in [0.4, 0.5) is 45.5 Å². The van der Waals surface area contributed by atoms with Crippen LogP contribution in [0.1, 0.15) is 57.1 Å². The average molecular weight is 876 g/mol. The summed E-state index contributed by atoms with van der Waals surface area (Å²) in [6, 6.07) is 6.32. The number of nitrogens with zero attached hydrogens (tertiary/aromatic N) is 6. The van der Waals surface area contributed by atoms with Crippen LogP contribution in [-0.2, 0) is 25.7 Å². The van der Waals surface area contributed by atoms with Gasteiger partial charge in [-0.1, -0.05) is 25.5 Å². The zero-order valence-corrected chi connectivity index (χ0v) is 32.9. The first-order valence-electron chi connectivity index (χ1n) is 18.3. The number of hydrogen-bond acceptors (Lipinski definition) is 10. The van der Waals surface area contributed by atoms with Crippen LogP contribution < -0.4 is 10.9 Å². The maximum atomic E-state index is 14.2. The third kappa shape index (κ3) is 15.4. The van der Waals surface area contributed by atoms with Crippen molar-refractivity contribution in [1.29, 1.82) is 0 Å². The molecule has 5 rings (SSSR count). The van der Waals surface area contributed by atoms with Crippen LogP contribution in [0.2, 0.25) is 0 Å². The maximum absolute atomic E-state index is 14.2. The third-order valence-corrected chi connectivity index (χ3v) is 9.22. The number of hydrogen-bond donors (Lipinski definition) is 4. The Labute approximate surface area is 336 Å². The Bertz CT molecular complexity index is 1930. The van der Waals surface area contributed by atoms with Crippen LogP contribution in [0, 0.1) is 5.92 Å². The second-order valence-corrected chi connectivity index (χ2v) is 14.0. The molecule has 1 saturated heterocycles. The molecule has 1 saturated carbocycles. The number of carbonyl (C=O) groups is 4. The number of alkyl halides is 9. The number of nitrogens with one attached hydrogen (secondary N) is 1. The minimum atomic E-state index is -5.08. The minimum Gasteiger partial charge on any atom is -0.475 e. The van der Waals surface area contributed by atoms with E-state index < -0.39 is 36.4 Å². The Kier molecular flexibility index (Phi) is 18.5. The van der Waals surface area contributed by atoms with E-state index in [1.165, 1.54) is 0 Å². The topological polar surface area (TPSA) is 198 Å². The standard InChI is InChI=1S/C30H43N7O2.3C2HF3O2/c1-5-6-13-31-30-32-19-26-24-12-7-21(20-36-16-14-35(4)15-17-36)18-25(24)29(39)37(27(26)33-30)23-10-8-22(9-11-23)28(38)34(2)3;3*3-2(4,5)1(6)7/h7,12,18-19,22-23H,5-6,8-11,13-17,20H2,1-4H3,(H,31,32,33);3*(H,6,7). The highest BCUT2D eigenvalue weighted by molar-refractivity contribution is 6.04. The van der Waals surface area contributed by atoms with Gasteiger partial charge in [0.2, 0.25) is 11.9 Å². The highest BCUT2D eigenvalue weighted by Gasteiger charge is 2.39. The Morgan fingerprint density at radius 2 is 1.30 bits per heavy atom. The van der Waals surface area contributed by atoms with Gasteiger partial charge >= 0.3 is 36.4 Å². The van der Waals surface area contributed by atoms with E-state index >= 15 is 0 Å². The van der Waals surface area contributed by atoms with Gasteiger partial charge in [0.05, 0.1) is 0 Å². The number of aromatic nitrogens is 3. The molecule has 1 amide bonds. The summed E-state index contributed by atoms with van der Waals surface area (Å²) in [5.41, 5.74) is 1.86. The lowest BCUT2D eigenvalue weighted by atomic mass is 9.85. The van der Waals surface area contributed by atoms with E-state index in [4.69, 9.17) is 34.7 Å². The Morgan fingerprint density at radius 3 is 1.75 bits per heavy atom. The molecule has 0 atom stereocenters. The summed E-state index contributed by atoms with van der Waals surface area (Å²) in [6.07, 6.45) is -8.13. The van der Waals surface area contributed by atoms with E-state index in [0.29, 0.717) is 11.6 Å². The number of carboxylic acids is 3. The molecule has 3 heterocycles. The molecule has 3 aromatic rings. The zero-order chi connectivity index (χ0) is 45.7. The number of anilines is 1. The second kappa shape index (κ2) is 21.8. The maximum Gasteiger partial charge on any atom is 0.490 e. The summed E-state index contributed by atoms with van der Waals surface area (Å²) in [6.45, 7) is 8.00. The largest absolute Gasteiger partial charge is 0.490 e. The molecule has 4 N–H and O–H groups in total. The van der Waals surface area contributed by atoms with E-state index in [0.717, 1.165) is 99.5 Å². The summed E-state index contributed by atoms with van der Waals surface area (Å²) in [5, 5.41) is 27.3. The van der Waals surface area contributed by atoms with Gasteiger partial charge in [-0.2, -0.15) is 44.5 Å². The molecule has 15 nitrogen and oxygen atoms in total. The van der Waals surface area contributed by atoms with Crippen LogP contribution in [0.25, 0.3) is 21.8 Å². The van der Waals surface area contributed by atoms with Crippen molar-refractivity contribution in [3.05, 3.63) is 40.3 Å². The van der Waals surface area contributed by atoms with E-state index in [1.54, 1.807) is 4.90 Å². The zero-order valence-electron chi connectivity index (χ0n) is 32.9. The number of pyridine rings is 1. The van der Waals surface area contributed by atoms with E-state index in [1.807, 2.05) is 24.9 Å². The third-order valence-electron chi connectivity index (χ3n) is 9.22. The van der Waals surface area contributed by atoms with Crippen molar-refractivity contribution in [2.45, 2.75) is 76.6 Å². The molecule has 0 bridgehead atoms. The Balaban J connectivity index is 0.000000485. The number of aliphatic carboxylic acids is 3. The monoisotopic (exact) mass is 875 g/mol. The van der Waals surface area contributed by atoms with Crippen LogP contribution >= 0.6 is 0 Å². The summed E-state index contributed by atoms with van der Waals surface area (Å²) < 4.78 is 97.1. The molecule has 2 fully saturated rings. The van der Waals surface area contributed by atoms with Crippen LogP contribution in [0.15, 0.2) is 29.2 Å². The average Bonchev–Trinajstić information content (AvgIpc) is 3.15. The highest BCUT2D eigenvalue weighted by Crippen LogP contribution is 2.35. The van der Waals surface area contributed by atoms with Gasteiger partial charge in [0.1, 0.15) is 5.65 Å². The molecule has 1 aliphatic heterocycles. The molecule has 1 aromatic carbocycles. The highest BCUT2D eigenvalue weighted by atomic mass is 19.4. The molecule has 2 aliphatic rings. The van der Waals surface area contributed by atoms with Crippen molar-refractivity contribution in [1.82, 2.24) is 29.2 Å². The smallest absolute Gasteiger partial charge is 0.475 e. The normalized spacial score (nSPS) is 17.6. The van der Waals surface area contributed by atoms with Gasteiger partial charge in [-0.05, 0) is 56.2 Å². The molecule has 24 heteroatoms. The minimum absolute atomic E-state index is 0.00953. The molecule has 0 unspecified atom stereocenters. The second-order valence-electron chi connectivity index (χ2n) is 14.0. The number of carbonyl (C=O) groups excluding carboxylic acids is 1. The summed E-state index contributed by atoms with van der Waals surface area (Å²) in [4.78, 5) is 69.5. The van der Waals surface area contributed by atoms with Crippen molar-refractivity contribution in [2.24, 2.45) is 5.92 Å². The number of unbranched alkanes of at least 4 members (excludes halogenated alkanes) is 1. The molecular weight excluding hydrogens is 829 g/mol. The van der Waals surface area contributed by atoms with Gasteiger partial charge in [0.15, 0.2) is 0 Å². The van der Waals surface area contributed by atoms with Crippen molar-refractivity contribution < 1.29 is 74.0 Å². The Morgan fingerprint density at radius 1 is 0.800 bits per heavy atom. The molecule has 0 spiro atoms. The first-order valence-corrected chi connectivity index (χ1v) is 18.3. The number of benzene rings is 1. The van der Waals surface area contributed by atoms with Crippen molar-refractivity contribution in [2.75, 3.05) is 59.2 Å². The summed E-state index contributed by atoms with van der Waals surface area (Å²) in [7, 11) is 5.80. The fourth-order valence-electron chi connectivity index (χ4n) is 6.09. The van der Waals surface area contributed by atoms with Crippen molar-refractivity contribution >= 4 is 51.6 Å². The van der Waals surface area contributed by atoms with Gasteiger partial charge in [-0.15, -0.1) is 0 Å². The van der Waals surface area contributed by atoms with E-state index in [2.05, 4.69) is 52.3 Å². The predicted molar refractivity (Wildman–Crippen MR) is 198 cm³/mol. The van der Waals surface area contributed by atoms with Gasteiger partial charge in [-0.25, -0.2) is 19.4 Å². The fourth-order valence-corrected chi connectivity index (χ4v) is 6.09. The predicted octanol–water partition coefficient (Wildman–Crippen LogP) is 5.62. The van der Waals surface area contributed by atoms with Gasteiger partial charge in [-0.3, -0.25) is 19.1 Å². The Hall–Kier alpha value is -5.26. The lowest BCUT2D eigenvalue weighted by Crippen LogP contribution is -2.43. The first-order chi connectivity index (χ1) is 27.7. The number of halogens is 9. The number of amides is 1. The van der Waals surface area contributed by atoms with Crippen LogP contribution in [0.3, 0.4) is 0 Å². The first kappa shape index (κ1) is 50.9. The van der Waals surface area contributed by atoms with Crippen molar-refractivity contribution in [3.63, 3.8) is 0 Å². The van der Waals surface area contributed by atoms with E-state index in [9.17, 15) is 49.1 Å². The van der Waals surface area contributed by atoms with Gasteiger partial charge in [0, 0.05) is 82.3 Å². The van der Waals surface area contributed by atoms with Crippen molar-refractivity contribution in [3.8, 4) is 0 Å².